The van der Waals surface area contributed by atoms with E-state index in [0.29, 0.717) is 23.6 Å². The Morgan fingerprint density at radius 3 is 2.86 bits per heavy atom. The van der Waals surface area contributed by atoms with E-state index in [1.54, 1.807) is 18.3 Å². The fourth-order valence-electron chi connectivity index (χ4n) is 2.13. The maximum Gasteiger partial charge on any atom is 0.213 e. The Morgan fingerprint density at radius 2 is 2.00 bits per heavy atom. The molecule has 2 aromatic heterocycles. The van der Waals surface area contributed by atoms with Crippen molar-refractivity contribution < 1.29 is 9.53 Å². The Kier molecular flexibility index (Phi) is 3.60. The van der Waals surface area contributed by atoms with Gasteiger partial charge in [0.25, 0.3) is 0 Å². The van der Waals surface area contributed by atoms with Gasteiger partial charge >= 0.3 is 0 Å². The molecule has 0 aliphatic heterocycles. The van der Waals surface area contributed by atoms with E-state index >= 15 is 0 Å². The van der Waals surface area contributed by atoms with Gasteiger partial charge in [-0.2, -0.15) is 0 Å². The van der Waals surface area contributed by atoms with Gasteiger partial charge in [0.15, 0.2) is 0 Å². The number of aromatic nitrogens is 2. The average molecular weight is 278 g/mol. The molecule has 1 aromatic carbocycles. The van der Waals surface area contributed by atoms with Crippen molar-refractivity contribution in [2.75, 3.05) is 6.61 Å². The molecule has 2 heterocycles. The molecular weight excluding hydrogens is 264 g/mol. The molecule has 0 N–H and O–H groups in total. The second-order valence-electron chi connectivity index (χ2n) is 4.56. The zero-order valence-corrected chi connectivity index (χ0v) is 11.6. The van der Waals surface area contributed by atoms with Crippen molar-refractivity contribution in [1.29, 1.82) is 0 Å². The predicted octanol–water partition coefficient (Wildman–Crippen LogP) is 3.26. The summed E-state index contributed by atoms with van der Waals surface area (Å²) in [4.78, 5) is 20.9. The lowest BCUT2D eigenvalue weighted by molar-refractivity contribution is 0.103. The minimum Gasteiger partial charge on any atom is -0.492 e. The summed E-state index contributed by atoms with van der Waals surface area (Å²) in [6.07, 6.45) is 3.12. The van der Waals surface area contributed by atoms with Gasteiger partial charge in [-0.1, -0.05) is 24.3 Å². The van der Waals surface area contributed by atoms with Crippen LogP contribution in [0.15, 0.2) is 54.9 Å². The van der Waals surface area contributed by atoms with E-state index in [1.165, 1.54) is 6.20 Å². The topological polar surface area (TPSA) is 52.1 Å². The van der Waals surface area contributed by atoms with Crippen LogP contribution >= 0.6 is 0 Å². The summed E-state index contributed by atoms with van der Waals surface area (Å²) in [5, 5.41) is 1.01. The van der Waals surface area contributed by atoms with Gasteiger partial charge in [0, 0.05) is 17.1 Å². The lowest BCUT2D eigenvalue weighted by Gasteiger charge is -2.05. The molecule has 0 amide bonds. The van der Waals surface area contributed by atoms with Gasteiger partial charge < -0.3 is 4.74 Å². The Morgan fingerprint density at radius 1 is 1.14 bits per heavy atom. The number of nitrogens with zero attached hydrogens (tertiary/aromatic N) is 2. The number of carbonyl (C=O) groups excluding carboxylic acids is 1. The van der Waals surface area contributed by atoms with E-state index in [0.717, 1.165) is 10.9 Å². The van der Waals surface area contributed by atoms with Crippen LogP contribution in [0.3, 0.4) is 0 Å². The first kappa shape index (κ1) is 13.2. The van der Waals surface area contributed by atoms with Gasteiger partial charge in [0.2, 0.25) is 5.78 Å². The van der Waals surface area contributed by atoms with Crippen molar-refractivity contribution >= 4 is 16.7 Å². The fourth-order valence-corrected chi connectivity index (χ4v) is 2.13. The Labute approximate surface area is 122 Å². The first-order valence-corrected chi connectivity index (χ1v) is 6.76. The first-order valence-electron chi connectivity index (χ1n) is 6.76. The predicted molar refractivity (Wildman–Crippen MR) is 80.6 cm³/mol. The maximum atomic E-state index is 12.5. The summed E-state index contributed by atoms with van der Waals surface area (Å²) in [5.74, 6) is 0.430. The number of ether oxygens (including phenoxy) is 1. The largest absolute Gasteiger partial charge is 0.492 e. The number of para-hydroxylation sites is 1. The van der Waals surface area contributed by atoms with Crippen molar-refractivity contribution in [3.63, 3.8) is 0 Å². The second-order valence-corrected chi connectivity index (χ2v) is 4.56. The molecule has 3 rings (SSSR count). The summed E-state index contributed by atoms with van der Waals surface area (Å²) >= 11 is 0. The Balaban J connectivity index is 1.97. The molecular formula is C17H14N2O2. The van der Waals surface area contributed by atoms with Crippen LogP contribution < -0.4 is 4.74 Å². The lowest BCUT2D eigenvalue weighted by atomic mass is 10.1. The van der Waals surface area contributed by atoms with Gasteiger partial charge in [-0.15, -0.1) is 0 Å². The lowest BCUT2D eigenvalue weighted by Crippen LogP contribution is -2.05. The highest BCUT2D eigenvalue weighted by Gasteiger charge is 2.12. The van der Waals surface area contributed by atoms with Crippen LogP contribution in [-0.4, -0.2) is 22.4 Å². The van der Waals surface area contributed by atoms with E-state index in [9.17, 15) is 4.79 Å². The molecule has 0 bridgehead atoms. The van der Waals surface area contributed by atoms with Gasteiger partial charge in [-0.25, -0.2) is 4.98 Å². The fraction of sp³-hybridized carbons (Fsp3) is 0.118. The van der Waals surface area contributed by atoms with Crippen LogP contribution in [0.5, 0.6) is 5.75 Å². The number of benzene rings is 1. The van der Waals surface area contributed by atoms with Crippen molar-refractivity contribution in [3.05, 3.63) is 66.1 Å². The zero-order valence-electron chi connectivity index (χ0n) is 11.6. The van der Waals surface area contributed by atoms with E-state index < -0.39 is 0 Å². The number of ketones is 1. The number of fused-ring (bicyclic) bond motifs is 1. The van der Waals surface area contributed by atoms with Crippen molar-refractivity contribution in [2.24, 2.45) is 0 Å². The average Bonchev–Trinajstić information content (AvgIpc) is 2.54. The minimum absolute atomic E-state index is 0.158. The molecule has 0 unspecified atom stereocenters. The summed E-state index contributed by atoms with van der Waals surface area (Å²) in [5.41, 5.74) is 1.69. The van der Waals surface area contributed by atoms with E-state index in [-0.39, 0.29) is 5.78 Å². The summed E-state index contributed by atoms with van der Waals surface area (Å²) in [6.45, 7) is 2.42. The van der Waals surface area contributed by atoms with Crippen LogP contribution in [0.4, 0.5) is 0 Å². The van der Waals surface area contributed by atoms with Crippen LogP contribution in [0.2, 0.25) is 0 Å². The van der Waals surface area contributed by atoms with Crippen LogP contribution in [0, 0.1) is 0 Å². The number of rotatable bonds is 4. The molecule has 0 saturated heterocycles. The molecule has 0 aliphatic rings. The van der Waals surface area contributed by atoms with Crippen LogP contribution in [-0.2, 0) is 0 Å². The molecule has 0 saturated carbocycles. The molecule has 0 radical (unpaired) electrons. The van der Waals surface area contributed by atoms with E-state index in [1.807, 2.05) is 37.3 Å². The quantitative estimate of drug-likeness (QED) is 0.687. The molecule has 3 aromatic rings. The summed E-state index contributed by atoms with van der Waals surface area (Å²) in [6, 6.07) is 13.0. The molecule has 0 spiro atoms. The zero-order chi connectivity index (χ0) is 14.7. The highest BCUT2D eigenvalue weighted by atomic mass is 16.5. The number of pyridine rings is 2. The van der Waals surface area contributed by atoms with Crippen LogP contribution in [0.1, 0.15) is 23.0 Å². The van der Waals surface area contributed by atoms with Crippen molar-refractivity contribution in [2.45, 2.75) is 6.92 Å². The third-order valence-electron chi connectivity index (χ3n) is 3.12. The van der Waals surface area contributed by atoms with Crippen LogP contribution in [0.25, 0.3) is 10.9 Å². The molecule has 0 atom stereocenters. The van der Waals surface area contributed by atoms with Gasteiger partial charge in [0.1, 0.15) is 11.4 Å². The molecule has 0 fully saturated rings. The second kappa shape index (κ2) is 5.71. The molecule has 21 heavy (non-hydrogen) atoms. The highest BCUT2D eigenvalue weighted by molar-refractivity contribution is 6.08. The van der Waals surface area contributed by atoms with E-state index in [2.05, 4.69) is 9.97 Å². The van der Waals surface area contributed by atoms with E-state index in [4.69, 9.17) is 4.74 Å². The Hall–Kier alpha value is -2.75. The number of carbonyl (C=O) groups is 1. The normalized spacial score (nSPS) is 10.5. The number of hydrogen-bond acceptors (Lipinski definition) is 4. The Bertz CT molecular complexity index is 799. The summed E-state index contributed by atoms with van der Waals surface area (Å²) in [7, 11) is 0. The monoisotopic (exact) mass is 278 g/mol. The molecule has 0 aliphatic carbocycles. The first-order chi connectivity index (χ1) is 10.3. The molecule has 4 heteroatoms. The highest BCUT2D eigenvalue weighted by Crippen LogP contribution is 2.17. The molecule has 4 nitrogen and oxygen atoms in total. The summed E-state index contributed by atoms with van der Waals surface area (Å²) < 4.78 is 5.37. The smallest absolute Gasteiger partial charge is 0.213 e. The standard InChI is InChI=1S/C17H14N2O2/c1-2-21-14-9-13(10-18-11-14)17(20)16-8-7-12-5-3-4-6-15(12)19-16/h3-11H,2H2,1H3. The van der Waals surface area contributed by atoms with Gasteiger partial charge in [-0.3, -0.25) is 9.78 Å². The van der Waals surface area contributed by atoms with Gasteiger partial charge in [-0.05, 0) is 25.1 Å². The maximum absolute atomic E-state index is 12.5. The van der Waals surface area contributed by atoms with Crippen molar-refractivity contribution in [3.8, 4) is 5.75 Å². The van der Waals surface area contributed by atoms with Gasteiger partial charge in [0.05, 0.1) is 18.3 Å². The molecule has 104 valence electrons. The number of hydrogen-bond donors (Lipinski definition) is 0. The third kappa shape index (κ3) is 2.74. The third-order valence-corrected chi connectivity index (χ3v) is 3.12. The SMILES string of the molecule is CCOc1cncc(C(=O)c2ccc3ccccc3n2)c1. The minimum atomic E-state index is -0.158. The van der Waals surface area contributed by atoms with Crippen molar-refractivity contribution in [1.82, 2.24) is 9.97 Å².